The molecule has 0 bridgehead atoms. The van der Waals surface area contributed by atoms with Gasteiger partial charge in [0.1, 0.15) is 10.8 Å². The van der Waals surface area contributed by atoms with Gasteiger partial charge in [0.2, 0.25) is 0 Å². The summed E-state index contributed by atoms with van der Waals surface area (Å²) < 4.78 is 13.6. The van der Waals surface area contributed by atoms with Gasteiger partial charge in [-0.15, -0.1) is 11.3 Å². The maximum Gasteiger partial charge on any atom is 0.252 e. The number of nitrogens with zero attached hydrogens (tertiary/aromatic N) is 1. The van der Waals surface area contributed by atoms with Crippen LogP contribution in [0.4, 0.5) is 4.39 Å². The maximum absolute atomic E-state index is 13.0. The molecule has 1 N–H and O–H groups in total. The van der Waals surface area contributed by atoms with E-state index in [2.05, 4.69) is 10.3 Å². The second-order valence-electron chi connectivity index (χ2n) is 4.13. The zero-order valence-corrected chi connectivity index (χ0v) is 13.4. The first-order chi connectivity index (χ1) is 8.97. The van der Waals surface area contributed by atoms with Crippen LogP contribution in [0.1, 0.15) is 33.2 Å². The van der Waals surface area contributed by atoms with Gasteiger partial charge in [-0.2, -0.15) is 0 Å². The summed E-state index contributed by atoms with van der Waals surface area (Å²) in [5, 5.41) is 3.73. The molecule has 1 aromatic heterocycles. The molecular weight excluding hydrogens is 378 g/mol. The van der Waals surface area contributed by atoms with E-state index in [1.54, 1.807) is 17.5 Å². The van der Waals surface area contributed by atoms with Gasteiger partial charge in [-0.3, -0.25) is 4.79 Å². The van der Waals surface area contributed by atoms with E-state index in [9.17, 15) is 9.18 Å². The first-order valence-corrected chi connectivity index (χ1v) is 7.55. The zero-order chi connectivity index (χ0) is 14.0. The fraction of sp³-hybridized carbons (Fsp3) is 0.231. The number of hydrogen-bond acceptors (Lipinski definition) is 3. The van der Waals surface area contributed by atoms with Crippen molar-refractivity contribution < 1.29 is 9.18 Å². The molecule has 1 aromatic carbocycles. The second-order valence-corrected chi connectivity index (χ2v) is 6.56. The number of nitrogens with one attached hydrogen (secondary N) is 1. The third-order valence-electron chi connectivity index (χ3n) is 2.53. The van der Waals surface area contributed by atoms with E-state index in [0.29, 0.717) is 9.13 Å². The largest absolute Gasteiger partial charge is 0.343 e. The Labute approximate surface area is 128 Å². The fourth-order valence-electron chi connectivity index (χ4n) is 1.58. The van der Waals surface area contributed by atoms with Crippen LogP contribution in [0.3, 0.4) is 0 Å². The number of carbonyl (C=O) groups excluding carboxylic acids is 1. The summed E-state index contributed by atoms with van der Waals surface area (Å²) in [6.07, 6.45) is 1.78. The van der Waals surface area contributed by atoms with E-state index in [4.69, 9.17) is 0 Å². The molecule has 19 heavy (non-hydrogen) atoms. The molecule has 1 atom stereocenters. The SMILES string of the molecule is Cc1cnc(C(C)NC(=O)c2ccc(F)cc2I)s1. The minimum Gasteiger partial charge on any atom is -0.343 e. The lowest BCUT2D eigenvalue weighted by molar-refractivity contribution is 0.0939. The molecule has 0 aliphatic rings. The van der Waals surface area contributed by atoms with Crippen LogP contribution in [0, 0.1) is 16.3 Å². The molecule has 0 aliphatic heterocycles. The van der Waals surface area contributed by atoms with E-state index in [0.717, 1.165) is 9.88 Å². The zero-order valence-electron chi connectivity index (χ0n) is 10.4. The molecule has 0 spiro atoms. The molecule has 2 aromatic rings. The van der Waals surface area contributed by atoms with Crippen LogP contribution < -0.4 is 5.32 Å². The molecule has 0 saturated heterocycles. The van der Waals surface area contributed by atoms with Crippen LogP contribution in [-0.2, 0) is 0 Å². The van der Waals surface area contributed by atoms with Crippen LogP contribution >= 0.6 is 33.9 Å². The third-order valence-corrected chi connectivity index (χ3v) is 4.52. The first kappa shape index (κ1) is 14.4. The molecule has 6 heteroatoms. The van der Waals surface area contributed by atoms with Gasteiger partial charge in [0.25, 0.3) is 5.91 Å². The molecule has 1 amide bonds. The molecule has 100 valence electrons. The van der Waals surface area contributed by atoms with Gasteiger partial charge in [0.05, 0.1) is 11.6 Å². The van der Waals surface area contributed by atoms with Crippen molar-refractivity contribution in [3.8, 4) is 0 Å². The Hall–Kier alpha value is -1.02. The van der Waals surface area contributed by atoms with Gasteiger partial charge < -0.3 is 5.32 Å². The van der Waals surface area contributed by atoms with Crippen molar-refractivity contribution in [2.75, 3.05) is 0 Å². The van der Waals surface area contributed by atoms with E-state index in [1.165, 1.54) is 18.2 Å². The quantitative estimate of drug-likeness (QED) is 0.813. The third kappa shape index (κ3) is 3.50. The summed E-state index contributed by atoms with van der Waals surface area (Å²) in [5.41, 5.74) is 0.474. The van der Waals surface area contributed by atoms with Crippen LogP contribution in [-0.4, -0.2) is 10.9 Å². The number of rotatable bonds is 3. The molecule has 3 nitrogen and oxygen atoms in total. The number of aromatic nitrogens is 1. The molecule has 0 fully saturated rings. The molecule has 0 saturated carbocycles. The Balaban J connectivity index is 2.12. The van der Waals surface area contributed by atoms with Crippen molar-refractivity contribution >= 4 is 39.8 Å². The Morgan fingerprint density at radius 1 is 1.53 bits per heavy atom. The van der Waals surface area contributed by atoms with Crippen molar-refractivity contribution in [1.82, 2.24) is 10.3 Å². The van der Waals surface area contributed by atoms with E-state index in [-0.39, 0.29) is 17.8 Å². The Morgan fingerprint density at radius 2 is 2.26 bits per heavy atom. The number of halogens is 2. The molecule has 2 rings (SSSR count). The highest BCUT2D eigenvalue weighted by Crippen LogP contribution is 2.20. The smallest absolute Gasteiger partial charge is 0.252 e. The van der Waals surface area contributed by atoms with E-state index in [1.807, 2.05) is 36.4 Å². The van der Waals surface area contributed by atoms with E-state index >= 15 is 0 Å². The van der Waals surface area contributed by atoms with Gasteiger partial charge in [-0.1, -0.05) is 0 Å². The predicted molar refractivity (Wildman–Crippen MR) is 81.8 cm³/mol. The summed E-state index contributed by atoms with van der Waals surface area (Å²) in [5.74, 6) is -0.561. The Kier molecular flexibility index (Phi) is 4.51. The summed E-state index contributed by atoms with van der Waals surface area (Å²) in [4.78, 5) is 17.5. The van der Waals surface area contributed by atoms with Gasteiger partial charge in [-0.25, -0.2) is 9.37 Å². The molecule has 0 radical (unpaired) electrons. The number of thiazole rings is 1. The molecule has 1 heterocycles. The highest BCUT2D eigenvalue weighted by molar-refractivity contribution is 14.1. The highest BCUT2D eigenvalue weighted by Gasteiger charge is 2.16. The topological polar surface area (TPSA) is 42.0 Å². The standard InChI is InChI=1S/C13H12FIN2OS/c1-7-6-16-13(19-7)8(2)17-12(18)10-4-3-9(14)5-11(10)15/h3-6,8H,1-2H3,(H,17,18). The average Bonchev–Trinajstić information content (AvgIpc) is 2.75. The number of benzene rings is 1. The van der Waals surface area contributed by atoms with E-state index < -0.39 is 0 Å². The van der Waals surface area contributed by atoms with Gasteiger partial charge in [-0.05, 0) is 54.6 Å². The minimum absolute atomic E-state index is 0.160. The Bertz CT molecular complexity index is 614. The fourth-order valence-corrected chi connectivity index (χ4v) is 3.08. The van der Waals surface area contributed by atoms with Gasteiger partial charge in [0, 0.05) is 14.6 Å². The molecule has 1 unspecified atom stereocenters. The van der Waals surface area contributed by atoms with Gasteiger partial charge in [0.15, 0.2) is 0 Å². The van der Waals surface area contributed by atoms with Gasteiger partial charge >= 0.3 is 0 Å². The van der Waals surface area contributed by atoms with Crippen molar-refractivity contribution in [3.63, 3.8) is 0 Å². The lowest BCUT2D eigenvalue weighted by Gasteiger charge is -2.12. The first-order valence-electron chi connectivity index (χ1n) is 5.65. The lowest BCUT2D eigenvalue weighted by atomic mass is 10.2. The average molecular weight is 390 g/mol. The molecule has 0 aliphatic carbocycles. The number of hydrogen-bond donors (Lipinski definition) is 1. The lowest BCUT2D eigenvalue weighted by Crippen LogP contribution is -2.27. The number of aryl methyl sites for hydroxylation is 1. The highest BCUT2D eigenvalue weighted by atomic mass is 127. The Morgan fingerprint density at radius 3 is 2.84 bits per heavy atom. The number of amides is 1. The van der Waals surface area contributed by atoms with Crippen molar-refractivity contribution in [3.05, 3.63) is 49.2 Å². The van der Waals surface area contributed by atoms with Crippen LogP contribution in [0.2, 0.25) is 0 Å². The summed E-state index contributed by atoms with van der Waals surface area (Å²) in [6.45, 7) is 3.85. The second kappa shape index (κ2) is 5.96. The van der Waals surface area contributed by atoms with Crippen molar-refractivity contribution in [1.29, 1.82) is 0 Å². The van der Waals surface area contributed by atoms with Crippen LogP contribution in [0.5, 0.6) is 0 Å². The predicted octanol–water partition coefficient (Wildman–Crippen LogP) is 3.69. The minimum atomic E-state index is -0.343. The summed E-state index contributed by atoms with van der Waals surface area (Å²) >= 11 is 3.50. The van der Waals surface area contributed by atoms with Crippen molar-refractivity contribution in [2.24, 2.45) is 0 Å². The normalized spacial score (nSPS) is 12.2. The van der Waals surface area contributed by atoms with Crippen LogP contribution in [0.25, 0.3) is 0 Å². The van der Waals surface area contributed by atoms with Crippen molar-refractivity contribution in [2.45, 2.75) is 19.9 Å². The monoisotopic (exact) mass is 390 g/mol. The van der Waals surface area contributed by atoms with Crippen LogP contribution in [0.15, 0.2) is 24.4 Å². The number of carbonyl (C=O) groups is 1. The molecular formula is C13H12FIN2OS. The summed E-state index contributed by atoms with van der Waals surface area (Å²) in [6, 6.07) is 3.96. The summed E-state index contributed by atoms with van der Waals surface area (Å²) in [7, 11) is 0. The maximum atomic E-state index is 13.0.